The van der Waals surface area contributed by atoms with Crippen molar-refractivity contribution in [1.29, 1.82) is 0 Å². The first-order valence-electron chi connectivity index (χ1n) is 48.9. The highest BCUT2D eigenvalue weighted by Gasteiger charge is 2.69. The van der Waals surface area contributed by atoms with Crippen molar-refractivity contribution < 1.29 is 108 Å². The minimum absolute atomic E-state index is 0.00299. The normalized spacial score (nSPS) is 21.2. The topological polar surface area (TPSA) is 282 Å². The third-order valence-electron chi connectivity index (χ3n) is 28.0. The van der Waals surface area contributed by atoms with Gasteiger partial charge in [-0.15, -0.1) is 0 Å². The minimum Gasteiger partial charge on any atom is -0.305 e. The van der Waals surface area contributed by atoms with Crippen molar-refractivity contribution in [3.8, 4) is 0 Å². The van der Waals surface area contributed by atoms with E-state index in [-0.39, 0.29) is 121 Å². The number of halogens is 18. The molecule has 6 unspecified atom stereocenters. The van der Waals surface area contributed by atoms with Gasteiger partial charge in [-0.2, -0.15) is 0 Å². The maximum Gasteiger partial charge on any atom is 0.281 e. The Balaban J connectivity index is 0.000000148. The van der Waals surface area contributed by atoms with Crippen LogP contribution >= 0.6 is 0 Å². The summed E-state index contributed by atoms with van der Waals surface area (Å²) in [6.07, 6.45) is 5.57. The van der Waals surface area contributed by atoms with Gasteiger partial charge >= 0.3 is 0 Å². The van der Waals surface area contributed by atoms with Gasteiger partial charge in [0, 0.05) is 163 Å². The van der Waals surface area contributed by atoms with Crippen LogP contribution in [-0.4, -0.2) is 128 Å². The minimum atomic E-state index is -3.46. The SMILES string of the molecule is CC(C)(C)CC(=O)Nc1nc2cc(F)cc(F)c2n1C(C)(C)C.CC(C)(C)n1c(NC(=O)CC2CC(F)(F)C2(C)F)nc2cc(F)cc(F)c21.CC(C)(C)n1c(NC(=O)CC2CC(F)(F)C2(C)F)nc2cc(F)ccc21.CC(C)(C)n1c(NC(=O)CC2CC(F)(F)C2(C)F)nc2cc(F)ccc21.CC1(CC(=O)Nc2nc3cc(F)cc(F)c3n2C(C)(C)C)CC1.CC1(CC(=O)Nc2nc3cc(F)ccc3n2C2(C)CCC2)CC1. The van der Waals surface area contributed by atoms with E-state index in [2.05, 4.69) is 87.1 Å². The van der Waals surface area contributed by atoms with Crippen LogP contribution in [-0.2, 0) is 62.0 Å². The van der Waals surface area contributed by atoms with E-state index in [0.29, 0.717) is 58.9 Å². The summed E-state index contributed by atoms with van der Waals surface area (Å²) in [7, 11) is 0. The van der Waals surface area contributed by atoms with Gasteiger partial charge in [-0.05, 0) is 229 Å². The molecule has 24 nitrogen and oxygen atoms in total. The molecular weight excluding hydrogens is 1960 g/mol. The van der Waals surface area contributed by atoms with E-state index in [9.17, 15) is 108 Å². The van der Waals surface area contributed by atoms with Crippen molar-refractivity contribution in [1.82, 2.24) is 57.3 Å². The molecule has 6 saturated carbocycles. The Morgan fingerprint density at radius 2 is 0.547 bits per heavy atom. The molecule has 6 aromatic heterocycles. The highest BCUT2D eigenvalue weighted by atomic mass is 19.3. The fourth-order valence-electron chi connectivity index (χ4n) is 19.0. The molecule has 804 valence electrons. The van der Waals surface area contributed by atoms with Crippen LogP contribution in [0.2, 0.25) is 0 Å². The summed E-state index contributed by atoms with van der Waals surface area (Å²) < 4.78 is 256. The van der Waals surface area contributed by atoms with Crippen molar-refractivity contribution in [3.05, 3.63) is 143 Å². The van der Waals surface area contributed by atoms with Gasteiger partial charge in [0.25, 0.3) is 17.8 Å². The lowest BCUT2D eigenvalue weighted by atomic mass is 9.67. The Labute approximate surface area is 844 Å². The molecule has 6 atom stereocenters. The molecule has 6 aromatic carbocycles. The van der Waals surface area contributed by atoms with E-state index < -0.39 is 170 Å². The van der Waals surface area contributed by atoms with Crippen LogP contribution < -0.4 is 31.9 Å². The lowest BCUT2D eigenvalue weighted by Gasteiger charge is -2.47. The third kappa shape index (κ3) is 24.2. The zero-order chi connectivity index (χ0) is 110. The predicted molar refractivity (Wildman–Crippen MR) is 532 cm³/mol. The number of carbonyl (C=O) groups is 6. The van der Waals surface area contributed by atoms with E-state index in [1.54, 1.807) is 57.2 Å². The summed E-state index contributed by atoms with van der Waals surface area (Å²) in [5.41, 5.74) is -6.64. The molecule has 18 rings (SSSR count). The number of fused-ring (bicyclic) bond motifs is 6. The second-order valence-electron chi connectivity index (χ2n) is 47.7. The van der Waals surface area contributed by atoms with E-state index in [1.165, 1.54) is 59.5 Å². The van der Waals surface area contributed by atoms with E-state index in [0.717, 1.165) is 83.0 Å². The highest BCUT2D eigenvalue weighted by molar-refractivity contribution is 5.97. The van der Waals surface area contributed by atoms with Crippen LogP contribution in [0.5, 0.6) is 0 Å². The summed E-state index contributed by atoms with van der Waals surface area (Å²) in [6, 6.07) is 18.6. The number of imidazole rings is 6. The number of nitrogens with one attached hydrogen (secondary N) is 6. The summed E-state index contributed by atoms with van der Waals surface area (Å²) >= 11 is 0. The number of nitrogens with zero attached hydrogens (tertiary/aromatic N) is 12. The molecule has 12 aromatic rings. The summed E-state index contributed by atoms with van der Waals surface area (Å²) in [6.45, 7) is 42.4. The zero-order valence-corrected chi connectivity index (χ0v) is 87.3. The molecule has 0 spiro atoms. The molecule has 6 aliphatic rings. The molecule has 6 amide bonds. The summed E-state index contributed by atoms with van der Waals surface area (Å²) in [5, 5.41) is 16.1. The molecule has 148 heavy (non-hydrogen) atoms. The monoisotopic (exact) mass is 2090 g/mol. The molecular formula is C106H128F18N18O6. The lowest BCUT2D eigenvalue weighted by molar-refractivity contribution is -0.242. The number of benzene rings is 6. The van der Waals surface area contributed by atoms with Crippen molar-refractivity contribution in [3.63, 3.8) is 0 Å². The average Bonchev–Trinajstić information content (AvgIpc) is 1.53. The third-order valence-corrected chi connectivity index (χ3v) is 28.0. The quantitative estimate of drug-likeness (QED) is 0.0438. The largest absolute Gasteiger partial charge is 0.305 e. The molecule has 0 aliphatic heterocycles. The second-order valence-corrected chi connectivity index (χ2v) is 47.7. The van der Waals surface area contributed by atoms with Gasteiger partial charge in [0.05, 0.1) is 49.7 Å². The Bertz CT molecular complexity index is 6870. The Morgan fingerprint density at radius 3 is 0.804 bits per heavy atom. The number of amides is 6. The van der Waals surface area contributed by atoms with Crippen LogP contribution in [0.4, 0.5) is 115 Å². The highest BCUT2D eigenvalue weighted by Crippen LogP contribution is 2.59. The fourth-order valence-corrected chi connectivity index (χ4v) is 19.0. The Kier molecular flexibility index (Phi) is 30.2. The number of aromatic nitrogens is 12. The van der Waals surface area contributed by atoms with Crippen LogP contribution in [0.3, 0.4) is 0 Å². The van der Waals surface area contributed by atoms with Crippen LogP contribution in [0.25, 0.3) is 66.2 Å². The van der Waals surface area contributed by atoms with E-state index >= 15 is 0 Å². The molecule has 0 radical (unpaired) electrons. The van der Waals surface area contributed by atoms with Crippen molar-refractivity contribution >= 4 is 137 Å². The van der Waals surface area contributed by atoms with E-state index in [1.807, 2.05) is 104 Å². The Morgan fingerprint density at radius 1 is 0.304 bits per heavy atom. The number of alkyl halides is 9. The van der Waals surface area contributed by atoms with Gasteiger partial charge in [-0.25, -0.2) is 109 Å². The number of rotatable bonds is 18. The zero-order valence-electron chi connectivity index (χ0n) is 87.3. The van der Waals surface area contributed by atoms with Gasteiger partial charge in [0.15, 0.2) is 34.5 Å². The molecule has 6 aliphatic carbocycles. The maximum atomic E-state index is 14.3. The Hall–Kier alpha value is -12.3. The van der Waals surface area contributed by atoms with Crippen molar-refractivity contribution in [2.75, 3.05) is 31.9 Å². The maximum absolute atomic E-state index is 14.3. The second kappa shape index (κ2) is 39.6. The van der Waals surface area contributed by atoms with Gasteiger partial charge in [0.1, 0.15) is 51.5 Å². The van der Waals surface area contributed by atoms with Crippen LogP contribution in [0.15, 0.2) is 91.0 Å². The molecule has 6 heterocycles. The first-order chi connectivity index (χ1) is 67.7. The smallest absolute Gasteiger partial charge is 0.281 e. The number of hydrogen-bond acceptors (Lipinski definition) is 12. The molecule has 0 bridgehead atoms. The molecule has 6 N–H and O–H groups in total. The van der Waals surface area contributed by atoms with Gasteiger partial charge in [0.2, 0.25) is 71.1 Å². The fraction of sp³-hybridized carbons (Fsp3) is 0.547. The van der Waals surface area contributed by atoms with E-state index in [4.69, 9.17) is 0 Å². The predicted octanol–water partition coefficient (Wildman–Crippen LogP) is 26.9. The van der Waals surface area contributed by atoms with Gasteiger partial charge in [-0.3, -0.25) is 60.7 Å². The first-order valence-corrected chi connectivity index (χ1v) is 48.9. The van der Waals surface area contributed by atoms with Crippen molar-refractivity contribution in [2.24, 2.45) is 34.0 Å². The number of anilines is 6. The molecule has 6 fully saturated rings. The van der Waals surface area contributed by atoms with Gasteiger partial charge in [-0.1, -0.05) is 34.6 Å². The van der Waals surface area contributed by atoms with Crippen LogP contribution in [0, 0.1) is 86.4 Å². The molecule has 42 heteroatoms. The summed E-state index contributed by atoms with van der Waals surface area (Å²) in [5.74, 6) is -20.1. The van der Waals surface area contributed by atoms with Crippen LogP contribution in [0.1, 0.15) is 269 Å². The average molecular weight is 2090 g/mol. The summed E-state index contributed by atoms with van der Waals surface area (Å²) in [4.78, 5) is 99.2. The number of hydrogen-bond donors (Lipinski definition) is 6. The lowest BCUT2D eigenvalue weighted by Crippen LogP contribution is -2.60. The molecule has 0 saturated heterocycles. The first kappa shape index (κ1) is 113. The van der Waals surface area contributed by atoms with Gasteiger partial charge < -0.3 is 27.4 Å². The van der Waals surface area contributed by atoms with Crippen molar-refractivity contribution in [2.45, 2.75) is 337 Å². The standard InChI is InChI=1S/C18H20F5N3O.2C18H21F4N3O.C18H22FN3O.C17H21F2N3O.C17H23F2N3O/c1-16(2,3)26-14-11(20)6-10(19)7-12(14)24-15(26)25-13(27)5-9-8-18(22,23)17(9,4)21;2*1-16(2,3)25-13-6-5-11(19)8-12(13)23-15(25)24-14(26)7-10-9-18(21,22)17(10,4)20;1-17(8-9-17)11-15(23)21-16-20-13-10-12(19)4-5-14(13)22(16)18(2)6-3-7-18;1-16(2,3)22-14-11(19)7-10(18)8-12(14)20-15(22)21-13(23)9-17(4)5-6-17;1-16(2,3)9-13(23)21-15-20-12-8-10(18)7-11(19)14(12)22(15)17(4,5)6/h6-7,9H,5,8H2,1-4H3,(H,24,25,27);2*5-6,8,10H,7,9H2,1-4H3,(H,23,24,26);4-5,10H,3,6-9,11H2,1-2H3,(H,20,21,23);7-8H,5-6,9H2,1-4H3,(H,20,21,23);7-8H,9H2,1-6H3,(H,20,21,23). The number of carbonyl (C=O) groups excluding carboxylic acids is 6.